The second-order valence-electron chi connectivity index (χ2n) is 6.48. The van der Waals surface area contributed by atoms with Crippen molar-refractivity contribution in [1.29, 1.82) is 0 Å². The van der Waals surface area contributed by atoms with Crippen LogP contribution in [-0.2, 0) is 22.9 Å². The molecule has 1 fully saturated rings. The Labute approximate surface area is 166 Å². The first-order chi connectivity index (χ1) is 13.4. The van der Waals surface area contributed by atoms with Crippen LogP contribution in [0.3, 0.4) is 0 Å². The number of carbonyl (C=O) groups excluding carboxylic acids is 1. The third-order valence-electron chi connectivity index (χ3n) is 4.38. The topological polar surface area (TPSA) is 92.3 Å². The Hall–Kier alpha value is -2.35. The van der Waals surface area contributed by atoms with Gasteiger partial charge in [-0.1, -0.05) is 29.4 Å². The second kappa shape index (κ2) is 8.77. The molecule has 1 amide bonds. The number of nitrogens with one attached hydrogen (secondary N) is 1. The van der Waals surface area contributed by atoms with E-state index in [1.54, 1.807) is 12.1 Å². The quantitative estimate of drug-likeness (QED) is 0.675. The van der Waals surface area contributed by atoms with Gasteiger partial charge in [-0.2, -0.15) is 0 Å². The summed E-state index contributed by atoms with van der Waals surface area (Å²) in [6.07, 6.45) is 5.95. The number of halogens is 1. The lowest BCUT2D eigenvalue weighted by atomic mass is 10.2. The smallest absolute Gasteiger partial charge is 0.282 e. The van der Waals surface area contributed by atoms with Crippen molar-refractivity contribution in [1.82, 2.24) is 20.4 Å². The summed E-state index contributed by atoms with van der Waals surface area (Å²) >= 11 is 1.14. The molecule has 28 heavy (non-hydrogen) atoms. The maximum absolute atomic E-state index is 12.9. The largest absolute Gasteiger partial charge is 0.346 e. The highest BCUT2D eigenvalue weighted by molar-refractivity contribution is 7.91. The van der Waals surface area contributed by atoms with Crippen LogP contribution in [-0.4, -0.2) is 53.5 Å². The van der Waals surface area contributed by atoms with Crippen LogP contribution in [0, 0.1) is 18.2 Å². The molecular formula is C18H19FN4O3S2. The van der Waals surface area contributed by atoms with E-state index >= 15 is 0 Å². The first-order valence-corrected chi connectivity index (χ1v) is 11.2. The zero-order valence-corrected chi connectivity index (χ0v) is 16.6. The molecule has 1 aromatic carbocycles. The molecule has 7 nitrogen and oxygen atoms in total. The molecule has 1 atom stereocenters. The molecular weight excluding hydrogens is 403 g/mol. The van der Waals surface area contributed by atoms with Gasteiger partial charge < -0.3 is 5.32 Å². The second-order valence-corrected chi connectivity index (χ2v) is 9.77. The van der Waals surface area contributed by atoms with Crippen molar-refractivity contribution in [3.63, 3.8) is 0 Å². The minimum Gasteiger partial charge on any atom is -0.346 e. The van der Waals surface area contributed by atoms with E-state index in [-0.39, 0.29) is 40.8 Å². The number of hydrogen-bond acceptors (Lipinski definition) is 7. The van der Waals surface area contributed by atoms with Crippen molar-refractivity contribution in [3.8, 4) is 12.3 Å². The maximum atomic E-state index is 12.9. The number of sulfone groups is 1. The molecule has 1 saturated heterocycles. The molecule has 3 rings (SSSR count). The minimum absolute atomic E-state index is 0.0818. The van der Waals surface area contributed by atoms with Crippen LogP contribution in [0.5, 0.6) is 0 Å². The Morgan fingerprint density at radius 3 is 2.75 bits per heavy atom. The average molecular weight is 423 g/mol. The highest BCUT2D eigenvalue weighted by Crippen LogP contribution is 2.21. The molecule has 0 aliphatic carbocycles. The first-order valence-electron chi connectivity index (χ1n) is 8.59. The summed E-state index contributed by atoms with van der Waals surface area (Å²) in [5.41, 5.74) is 0.766. The Morgan fingerprint density at radius 2 is 2.11 bits per heavy atom. The van der Waals surface area contributed by atoms with E-state index < -0.39 is 9.84 Å². The number of terminal acetylenes is 1. The summed E-state index contributed by atoms with van der Waals surface area (Å²) < 4.78 is 36.4. The fraction of sp³-hybridized carbons (Fsp3) is 0.389. The van der Waals surface area contributed by atoms with Crippen LogP contribution < -0.4 is 5.32 Å². The predicted molar refractivity (Wildman–Crippen MR) is 104 cm³/mol. The van der Waals surface area contributed by atoms with Crippen LogP contribution in [0.1, 0.15) is 26.8 Å². The highest BCUT2D eigenvalue weighted by Gasteiger charge is 2.32. The van der Waals surface area contributed by atoms with Crippen LogP contribution >= 0.6 is 11.3 Å². The van der Waals surface area contributed by atoms with Gasteiger partial charge in [-0.3, -0.25) is 9.69 Å². The van der Waals surface area contributed by atoms with E-state index in [1.807, 2.05) is 4.90 Å². The van der Waals surface area contributed by atoms with Gasteiger partial charge in [0, 0.05) is 12.6 Å². The van der Waals surface area contributed by atoms with Crippen LogP contribution in [0.4, 0.5) is 4.39 Å². The van der Waals surface area contributed by atoms with Gasteiger partial charge in [-0.05, 0) is 24.1 Å². The van der Waals surface area contributed by atoms with E-state index in [1.165, 1.54) is 12.1 Å². The number of nitrogens with zero attached hydrogens (tertiary/aromatic N) is 3. The van der Waals surface area contributed by atoms with Gasteiger partial charge in [-0.15, -0.1) is 16.6 Å². The fourth-order valence-corrected chi connectivity index (χ4v) is 5.48. The molecule has 148 valence electrons. The molecule has 1 N–H and O–H groups in total. The van der Waals surface area contributed by atoms with E-state index in [4.69, 9.17) is 6.42 Å². The molecule has 0 bridgehead atoms. The number of amides is 1. The summed E-state index contributed by atoms with van der Waals surface area (Å²) in [7, 11) is -3.03. The van der Waals surface area contributed by atoms with Crippen LogP contribution in [0.15, 0.2) is 24.3 Å². The fourth-order valence-electron chi connectivity index (χ4n) is 2.94. The van der Waals surface area contributed by atoms with Gasteiger partial charge in [0.1, 0.15) is 10.8 Å². The Balaban J connectivity index is 1.59. The van der Waals surface area contributed by atoms with Crippen LogP contribution in [0.2, 0.25) is 0 Å². The Kier molecular flexibility index (Phi) is 6.39. The lowest BCUT2D eigenvalue weighted by molar-refractivity contribution is 0.0950. The SMILES string of the molecule is C#CCN(Cc1nnc(C(=O)NCc2ccc(F)cc2)s1)C1CCS(=O)(=O)C1. The van der Waals surface area contributed by atoms with Crippen molar-refractivity contribution in [2.75, 3.05) is 18.1 Å². The standard InChI is InChI=1S/C18H19FN4O3S2/c1-2-8-23(15-7-9-28(25,26)12-15)11-16-21-22-18(27-16)17(24)20-10-13-3-5-14(19)6-4-13/h1,3-6,15H,7-12H2,(H,20,24). The predicted octanol–water partition coefficient (Wildman–Crippen LogP) is 1.23. The average Bonchev–Trinajstić information content (AvgIpc) is 3.27. The van der Waals surface area contributed by atoms with E-state index in [0.29, 0.717) is 24.5 Å². The van der Waals surface area contributed by atoms with Crippen molar-refractivity contribution < 1.29 is 17.6 Å². The molecule has 2 heterocycles. The van der Waals surface area contributed by atoms with Gasteiger partial charge in [0.05, 0.1) is 24.6 Å². The van der Waals surface area contributed by atoms with Gasteiger partial charge >= 0.3 is 0 Å². The molecule has 0 saturated carbocycles. The number of benzene rings is 1. The minimum atomic E-state index is -3.03. The lowest BCUT2D eigenvalue weighted by Gasteiger charge is -2.24. The number of carbonyl (C=O) groups is 1. The Morgan fingerprint density at radius 1 is 1.36 bits per heavy atom. The van der Waals surface area contributed by atoms with Gasteiger partial charge in [0.2, 0.25) is 5.01 Å². The molecule has 0 radical (unpaired) electrons. The van der Waals surface area contributed by atoms with Gasteiger partial charge in [-0.25, -0.2) is 12.8 Å². The molecule has 10 heteroatoms. The Bertz CT molecular complexity index is 983. The van der Waals surface area contributed by atoms with E-state index in [2.05, 4.69) is 21.4 Å². The summed E-state index contributed by atoms with van der Waals surface area (Å²) in [6.45, 7) is 0.885. The summed E-state index contributed by atoms with van der Waals surface area (Å²) in [4.78, 5) is 14.1. The summed E-state index contributed by atoms with van der Waals surface area (Å²) in [6, 6.07) is 5.69. The highest BCUT2D eigenvalue weighted by atomic mass is 32.2. The number of hydrogen-bond donors (Lipinski definition) is 1. The molecule has 0 spiro atoms. The van der Waals surface area contributed by atoms with Crippen molar-refractivity contribution in [2.24, 2.45) is 0 Å². The van der Waals surface area contributed by atoms with Gasteiger partial charge in [0.25, 0.3) is 5.91 Å². The number of aromatic nitrogens is 2. The van der Waals surface area contributed by atoms with E-state index in [9.17, 15) is 17.6 Å². The molecule has 1 unspecified atom stereocenters. The zero-order valence-electron chi connectivity index (χ0n) is 15.0. The number of rotatable bonds is 7. The monoisotopic (exact) mass is 422 g/mol. The van der Waals surface area contributed by atoms with Crippen molar-refractivity contribution >= 4 is 27.1 Å². The zero-order chi connectivity index (χ0) is 20.1. The van der Waals surface area contributed by atoms with Crippen molar-refractivity contribution in [2.45, 2.75) is 25.6 Å². The summed E-state index contributed by atoms with van der Waals surface area (Å²) in [5, 5.41) is 11.5. The molecule has 1 aliphatic rings. The summed E-state index contributed by atoms with van der Waals surface area (Å²) in [5.74, 6) is 2.07. The van der Waals surface area contributed by atoms with Gasteiger partial charge in [0.15, 0.2) is 9.84 Å². The third-order valence-corrected chi connectivity index (χ3v) is 7.04. The normalized spacial score (nSPS) is 18.1. The molecule has 2 aromatic rings. The molecule has 1 aromatic heterocycles. The maximum Gasteiger partial charge on any atom is 0.282 e. The van der Waals surface area contributed by atoms with Crippen molar-refractivity contribution in [3.05, 3.63) is 45.7 Å². The third kappa shape index (κ3) is 5.34. The molecule has 1 aliphatic heterocycles. The van der Waals surface area contributed by atoms with Crippen LogP contribution in [0.25, 0.3) is 0 Å². The first kappa shape index (κ1) is 20.4. The van der Waals surface area contributed by atoms with E-state index in [0.717, 1.165) is 16.9 Å². The lowest BCUT2D eigenvalue weighted by Crippen LogP contribution is -2.36.